The first-order valence-corrected chi connectivity index (χ1v) is 9.97. The van der Waals surface area contributed by atoms with E-state index in [4.69, 9.17) is 4.74 Å². The maximum atomic E-state index is 12.8. The van der Waals surface area contributed by atoms with Crippen LogP contribution in [0.15, 0.2) is 29.3 Å². The van der Waals surface area contributed by atoms with Gasteiger partial charge in [0.1, 0.15) is 12.1 Å². The Kier molecular flexibility index (Phi) is 6.28. The molecule has 0 spiro atoms. The maximum Gasteiger partial charge on any atom is 0.410 e. The van der Waals surface area contributed by atoms with E-state index in [0.29, 0.717) is 30.5 Å². The summed E-state index contributed by atoms with van der Waals surface area (Å²) in [4.78, 5) is 44.8. The SMILES string of the molecule is COC(=O)Cn1cnc2ccc(N3CCCN(C(=O)OC(C)(C)C)CC3)cc2c1=O. The monoisotopic (exact) mass is 416 g/mol. The quantitative estimate of drug-likeness (QED) is 0.707. The van der Waals surface area contributed by atoms with E-state index in [2.05, 4.69) is 14.6 Å². The van der Waals surface area contributed by atoms with Crippen LogP contribution < -0.4 is 10.5 Å². The molecule has 0 aliphatic carbocycles. The smallest absolute Gasteiger partial charge is 0.410 e. The Morgan fingerprint density at radius 3 is 2.60 bits per heavy atom. The highest BCUT2D eigenvalue weighted by Gasteiger charge is 2.24. The van der Waals surface area contributed by atoms with Crippen molar-refractivity contribution < 1.29 is 19.1 Å². The molecule has 1 fully saturated rings. The predicted octanol–water partition coefficient (Wildman–Crippen LogP) is 2.02. The maximum absolute atomic E-state index is 12.8. The van der Waals surface area contributed by atoms with Crippen LogP contribution in [0.3, 0.4) is 0 Å². The molecular formula is C21H28N4O5. The van der Waals surface area contributed by atoms with Crippen molar-refractivity contribution >= 4 is 28.7 Å². The fourth-order valence-corrected chi connectivity index (χ4v) is 3.34. The molecule has 0 saturated carbocycles. The Bertz CT molecular complexity index is 995. The van der Waals surface area contributed by atoms with Crippen LogP contribution in [0, 0.1) is 0 Å². The van der Waals surface area contributed by atoms with Crippen molar-refractivity contribution in [3.8, 4) is 0 Å². The van der Waals surface area contributed by atoms with E-state index in [9.17, 15) is 14.4 Å². The van der Waals surface area contributed by atoms with Crippen molar-refractivity contribution in [3.05, 3.63) is 34.9 Å². The van der Waals surface area contributed by atoms with E-state index in [1.54, 1.807) is 17.0 Å². The zero-order valence-electron chi connectivity index (χ0n) is 17.9. The van der Waals surface area contributed by atoms with Crippen LogP contribution in [0.2, 0.25) is 0 Å². The molecule has 162 valence electrons. The van der Waals surface area contributed by atoms with Crippen LogP contribution in [0.4, 0.5) is 10.5 Å². The lowest BCUT2D eigenvalue weighted by atomic mass is 10.2. The van der Waals surface area contributed by atoms with Gasteiger partial charge in [0.15, 0.2) is 0 Å². The molecule has 0 radical (unpaired) electrons. The molecule has 1 aromatic carbocycles. The third-order valence-corrected chi connectivity index (χ3v) is 4.85. The number of aromatic nitrogens is 2. The van der Waals surface area contributed by atoms with Crippen molar-refractivity contribution in [2.24, 2.45) is 0 Å². The van der Waals surface area contributed by atoms with Gasteiger partial charge in [-0.1, -0.05) is 0 Å². The van der Waals surface area contributed by atoms with Gasteiger partial charge in [0.05, 0.1) is 24.3 Å². The minimum atomic E-state index is -0.529. The number of nitrogens with zero attached hydrogens (tertiary/aromatic N) is 4. The van der Waals surface area contributed by atoms with Crippen molar-refractivity contribution in [2.75, 3.05) is 38.2 Å². The van der Waals surface area contributed by atoms with E-state index in [-0.39, 0.29) is 18.2 Å². The highest BCUT2D eigenvalue weighted by molar-refractivity contribution is 5.82. The minimum absolute atomic E-state index is 0.183. The average molecular weight is 416 g/mol. The Balaban J connectivity index is 1.79. The summed E-state index contributed by atoms with van der Waals surface area (Å²) in [5, 5.41) is 0.437. The number of amides is 1. The normalized spacial score (nSPS) is 15.1. The standard InChI is InChI=1S/C21H28N4O5/c1-21(2,3)30-20(28)24-9-5-8-23(10-11-24)15-6-7-17-16(12-15)19(27)25(14-22-17)13-18(26)29-4/h6-7,12,14H,5,8-11,13H2,1-4H3. The molecule has 2 aromatic rings. The van der Waals surface area contributed by atoms with Crippen LogP contribution in [-0.4, -0.2) is 65.4 Å². The molecule has 1 amide bonds. The number of fused-ring (bicyclic) bond motifs is 1. The molecule has 0 unspecified atom stereocenters. The lowest BCUT2D eigenvalue weighted by Gasteiger charge is -2.27. The van der Waals surface area contributed by atoms with Crippen LogP contribution in [0.25, 0.3) is 10.9 Å². The van der Waals surface area contributed by atoms with Gasteiger partial charge in [0.2, 0.25) is 0 Å². The molecule has 3 rings (SSSR count). The molecule has 1 aliphatic heterocycles. The first-order valence-electron chi connectivity index (χ1n) is 9.97. The molecule has 1 aliphatic rings. The molecule has 9 nitrogen and oxygen atoms in total. The summed E-state index contributed by atoms with van der Waals surface area (Å²) in [6.45, 7) is 7.90. The second kappa shape index (κ2) is 8.73. The van der Waals surface area contributed by atoms with Crippen molar-refractivity contribution in [3.63, 3.8) is 0 Å². The van der Waals surface area contributed by atoms with Gasteiger partial charge >= 0.3 is 12.1 Å². The average Bonchev–Trinajstić information content (AvgIpc) is 2.95. The van der Waals surface area contributed by atoms with Gasteiger partial charge in [-0.3, -0.25) is 14.2 Å². The second-order valence-electron chi connectivity index (χ2n) is 8.26. The number of anilines is 1. The molecule has 2 heterocycles. The minimum Gasteiger partial charge on any atom is -0.468 e. The summed E-state index contributed by atoms with van der Waals surface area (Å²) >= 11 is 0. The van der Waals surface area contributed by atoms with Crippen molar-refractivity contribution in [1.82, 2.24) is 14.5 Å². The Labute approximate surface area is 175 Å². The number of carbonyl (C=O) groups excluding carboxylic acids is 2. The van der Waals surface area contributed by atoms with Crippen LogP contribution >= 0.6 is 0 Å². The third kappa shape index (κ3) is 5.08. The van der Waals surface area contributed by atoms with Crippen LogP contribution in [0.1, 0.15) is 27.2 Å². The summed E-state index contributed by atoms with van der Waals surface area (Å²) in [5.41, 5.74) is 0.620. The molecule has 30 heavy (non-hydrogen) atoms. The van der Waals surface area contributed by atoms with E-state index >= 15 is 0 Å². The van der Waals surface area contributed by atoms with Crippen LogP contribution in [0.5, 0.6) is 0 Å². The lowest BCUT2D eigenvalue weighted by molar-refractivity contribution is -0.141. The summed E-state index contributed by atoms with van der Waals surface area (Å²) in [7, 11) is 1.28. The Morgan fingerprint density at radius 2 is 1.90 bits per heavy atom. The van der Waals surface area contributed by atoms with Crippen molar-refractivity contribution in [2.45, 2.75) is 39.3 Å². The van der Waals surface area contributed by atoms with E-state index in [0.717, 1.165) is 18.7 Å². The molecule has 9 heteroatoms. The van der Waals surface area contributed by atoms with Gasteiger partial charge in [-0.05, 0) is 45.4 Å². The highest BCUT2D eigenvalue weighted by atomic mass is 16.6. The molecule has 0 bridgehead atoms. The number of carbonyl (C=O) groups is 2. The fourth-order valence-electron chi connectivity index (χ4n) is 3.34. The first-order chi connectivity index (χ1) is 14.2. The molecular weight excluding hydrogens is 388 g/mol. The number of hydrogen-bond donors (Lipinski definition) is 0. The largest absolute Gasteiger partial charge is 0.468 e. The number of rotatable bonds is 3. The Hall–Kier alpha value is -3.10. The van der Waals surface area contributed by atoms with Gasteiger partial charge in [-0.2, -0.15) is 0 Å². The van der Waals surface area contributed by atoms with E-state index in [1.807, 2.05) is 26.8 Å². The van der Waals surface area contributed by atoms with Gasteiger partial charge in [-0.25, -0.2) is 9.78 Å². The van der Waals surface area contributed by atoms with E-state index in [1.165, 1.54) is 18.0 Å². The molecule has 0 N–H and O–H groups in total. The predicted molar refractivity (Wildman–Crippen MR) is 113 cm³/mol. The topological polar surface area (TPSA) is 94.0 Å². The summed E-state index contributed by atoms with van der Waals surface area (Å²) in [5.74, 6) is -0.510. The van der Waals surface area contributed by atoms with Crippen molar-refractivity contribution in [1.29, 1.82) is 0 Å². The summed E-state index contributed by atoms with van der Waals surface area (Å²) in [6, 6.07) is 5.51. The summed E-state index contributed by atoms with van der Waals surface area (Å²) in [6.07, 6.45) is 1.83. The van der Waals surface area contributed by atoms with E-state index < -0.39 is 11.6 Å². The van der Waals surface area contributed by atoms with Gasteiger partial charge in [0, 0.05) is 31.9 Å². The zero-order valence-corrected chi connectivity index (χ0v) is 17.9. The third-order valence-electron chi connectivity index (χ3n) is 4.85. The van der Waals surface area contributed by atoms with Crippen LogP contribution in [-0.2, 0) is 20.8 Å². The number of hydrogen-bond acceptors (Lipinski definition) is 7. The van der Waals surface area contributed by atoms with Gasteiger partial charge < -0.3 is 19.3 Å². The van der Waals surface area contributed by atoms with Gasteiger partial charge in [-0.15, -0.1) is 0 Å². The Morgan fingerprint density at radius 1 is 1.13 bits per heavy atom. The number of benzene rings is 1. The highest BCUT2D eigenvalue weighted by Crippen LogP contribution is 2.21. The number of ether oxygens (including phenoxy) is 2. The fraction of sp³-hybridized carbons (Fsp3) is 0.524. The number of esters is 1. The second-order valence-corrected chi connectivity index (χ2v) is 8.26. The van der Waals surface area contributed by atoms with Gasteiger partial charge in [0.25, 0.3) is 5.56 Å². The lowest BCUT2D eigenvalue weighted by Crippen LogP contribution is -2.39. The summed E-state index contributed by atoms with van der Waals surface area (Å²) < 4.78 is 11.4. The molecule has 1 saturated heterocycles. The number of methoxy groups -OCH3 is 1. The molecule has 1 aromatic heterocycles. The first kappa shape index (κ1) is 21.6. The molecule has 0 atom stereocenters. The zero-order chi connectivity index (χ0) is 21.9.